The molecule has 1 saturated heterocycles. The van der Waals surface area contributed by atoms with Gasteiger partial charge in [0.1, 0.15) is 24.1 Å². The molecule has 3 aromatic rings. The molecular weight excluding hydrogens is 458 g/mol. The summed E-state index contributed by atoms with van der Waals surface area (Å²) in [4.78, 5) is 26.8. The molecule has 0 bridgehead atoms. The summed E-state index contributed by atoms with van der Waals surface area (Å²) in [5.74, 6) is -2.39. The number of halogens is 1. The number of aromatic nitrogens is 1. The zero-order chi connectivity index (χ0) is 23.9. The Kier molecular flexibility index (Phi) is 6.19. The Labute approximate surface area is 191 Å². The molecule has 11 heteroatoms. The van der Waals surface area contributed by atoms with E-state index >= 15 is 0 Å². The van der Waals surface area contributed by atoms with Crippen LogP contribution in [0.15, 0.2) is 48.5 Å². The summed E-state index contributed by atoms with van der Waals surface area (Å²) in [6, 6.07) is 12.4. The number of hydrogen-bond acceptors (Lipinski definition) is 8. The predicted molar refractivity (Wildman–Crippen MR) is 114 cm³/mol. The first kappa shape index (κ1) is 22.9. The fourth-order valence-electron chi connectivity index (χ4n) is 3.47. The lowest BCUT2D eigenvalue weighted by Crippen LogP contribution is -2.61. The highest BCUT2D eigenvalue weighted by atomic mass is 35.5. The Balaban J connectivity index is 1.58. The van der Waals surface area contributed by atoms with Crippen molar-refractivity contribution in [3.05, 3.63) is 59.1 Å². The van der Waals surface area contributed by atoms with Crippen molar-refractivity contribution in [3.63, 3.8) is 0 Å². The number of pyridine rings is 1. The highest BCUT2D eigenvalue weighted by Gasteiger charge is 2.48. The van der Waals surface area contributed by atoms with E-state index < -0.39 is 42.6 Å². The Bertz CT molecular complexity index is 1230. The van der Waals surface area contributed by atoms with E-state index in [1.807, 2.05) is 0 Å². The van der Waals surface area contributed by atoms with E-state index in [0.29, 0.717) is 22.2 Å². The number of aromatic carboxylic acids is 1. The molecule has 0 amide bonds. The van der Waals surface area contributed by atoms with Gasteiger partial charge in [-0.3, -0.25) is 0 Å². The van der Waals surface area contributed by atoms with Gasteiger partial charge in [-0.05, 0) is 36.4 Å². The molecule has 33 heavy (non-hydrogen) atoms. The molecule has 1 aliphatic heterocycles. The van der Waals surface area contributed by atoms with Crippen molar-refractivity contribution in [2.45, 2.75) is 30.7 Å². The minimum Gasteiger partial charge on any atom is -0.479 e. The third-order valence-electron chi connectivity index (χ3n) is 5.22. The first-order chi connectivity index (χ1) is 15.7. The number of aliphatic hydroxyl groups excluding tert-OH is 3. The summed E-state index contributed by atoms with van der Waals surface area (Å²) < 4.78 is 10.7. The van der Waals surface area contributed by atoms with Crippen LogP contribution in [0.4, 0.5) is 0 Å². The lowest BCUT2D eigenvalue weighted by Gasteiger charge is -2.38. The van der Waals surface area contributed by atoms with Crippen molar-refractivity contribution < 1.29 is 44.6 Å². The van der Waals surface area contributed by atoms with E-state index in [4.69, 9.17) is 31.3 Å². The number of aliphatic carboxylic acids is 1. The van der Waals surface area contributed by atoms with E-state index in [1.54, 1.807) is 30.3 Å². The number of fused-ring (bicyclic) bond motifs is 1. The van der Waals surface area contributed by atoms with Gasteiger partial charge in [0.2, 0.25) is 6.29 Å². The topological polar surface area (TPSA) is 167 Å². The number of rotatable bonds is 5. The van der Waals surface area contributed by atoms with Gasteiger partial charge in [0.05, 0.1) is 21.8 Å². The molecule has 0 spiro atoms. The lowest BCUT2D eigenvalue weighted by molar-refractivity contribution is -0.271. The second-order valence-electron chi connectivity index (χ2n) is 7.40. The number of carboxylic acids is 2. The van der Waals surface area contributed by atoms with Crippen LogP contribution < -0.4 is 4.74 Å². The van der Waals surface area contributed by atoms with E-state index in [2.05, 4.69) is 4.98 Å². The molecule has 1 aliphatic rings. The summed E-state index contributed by atoms with van der Waals surface area (Å²) in [7, 11) is 0. The summed E-state index contributed by atoms with van der Waals surface area (Å²) in [5, 5.41) is 48.9. The van der Waals surface area contributed by atoms with Crippen LogP contribution in [0, 0.1) is 0 Å². The zero-order valence-electron chi connectivity index (χ0n) is 16.7. The number of benzene rings is 2. The minimum atomic E-state index is -1.81. The second kappa shape index (κ2) is 8.93. The van der Waals surface area contributed by atoms with Crippen LogP contribution in [0.2, 0.25) is 5.02 Å². The van der Waals surface area contributed by atoms with Crippen molar-refractivity contribution >= 4 is 34.4 Å². The normalized spacial score (nSPS) is 25.0. The van der Waals surface area contributed by atoms with Crippen LogP contribution in [0.3, 0.4) is 0 Å². The number of nitrogens with zero attached hydrogens (tertiary/aromatic N) is 1. The van der Waals surface area contributed by atoms with Crippen LogP contribution in [0.5, 0.6) is 5.75 Å². The fourth-order valence-corrected chi connectivity index (χ4v) is 3.74. The molecule has 5 atom stereocenters. The van der Waals surface area contributed by atoms with Crippen molar-refractivity contribution in [2.24, 2.45) is 0 Å². The third kappa shape index (κ3) is 4.47. The van der Waals surface area contributed by atoms with Crippen molar-refractivity contribution in [1.82, 2.24) is 4.98 Å². The molecule has 1 aromatic heterocycles. The van der Waals surface area contributed by atoms with E-state index in [9.17, 15) is 24.9 Å². The van der Waals surface area contributed by atoms with Crippen molar-refractivity contribution in [1.29, 1.82) is 0 Å². The highest BCUT2D eigenvalue weighted by molar-refractivity contribution is 6.33. The van der Waals surface area contributed by atoms with E-state index in [0.717, 1.165) is 0 Å². The van der Waals surface area contributed by atoms with Crippen LogP contribution in [-0.4, -0.2) is 73.2 Å². The number of carboxylic acid groups (broad SMARTS) is 2. The Morgan fingerprint density at radius 3 is 2.36 bits per heavy atom. The van der Waals surface area contributed by atoms with Gasteiger partial charge in [-0.25, -0.2) is 14.6 Å². The highest BCUT2D eigenvalue weighted by Crippen LogP contribution is 2.31. The molecule has 5 N–H and O–H groups in total. The van der Waals surface area contributed by atoms with Crippen LogP contribution in [0.1, 0.15) is 10.4 Å². The number of aliphatic hydroxyl groups is 3. The first-order valence-corrected chi connectivity index (χ1v) is 10.1. The van der Waals surface area contributed by atoms with E-state index in [1.165, 1.54) is 18.2 Å². The molecule has 4 rings (SSSR count). The van der Waals surface area contributed by atoms with Gasteiger partial charge in [-0.1, -0.05) is 23.7 Å². The predicted octanol–water partition coefficient (Wildman–Crippen LogP) is 1.52. The van der Waals surface area contributed by atoms with Crippen molar-refractivity contribution in [3.8, 4) is 17.0 Å². The number of hydrogen-bond donors (Lipinski definition) is 5. The van der Waals surface area contributed by atoms with Gasteiger partial charge in [0.15, 0.2) is 6.10 Å². The van der Waals surface area contributed by atoms with Gasteiger partial charge in [0.25, 0.3) is 0 Å². The standard InChI is InChI=1S/C22H18ClNO9/c23-13-8-10(20(28)29)1-4-12(13)15-5-2-9-7-11(3-6-14(9)24-15)32-22-18(27)16(25)17(26)19(33-22)21(30)31/h1-8,16-19,22,25-27H,(H,28,29)(H,30,31)/t16-,17-,18+,19-,22+/m1/s1. The SMILES string of the molecule is O=C(O)c1ccc(-c2ccc3cc(O[C@H]4O[C@@H](C(=O)O)[C@H](O)[C@@H](O)[C@@H]4O)ccc3n2)c(Cl)c1. The average molecular weight is 476 g/mol. The molecule has 2 aromatic carbocycles. The van der Waals surface area contributed by atoms with Crippen LogP contribution in [0.25, 0.3) is 22.2 Å². The fraction of sp³-hybridized carbons (Fsp3) is 0.227. The molecule has 0 unspecified atom stereocenters. The van der Waals surface area contributed by atoms with Gasteiger partial charge < -0.3 is 35.0 Å². The largest absolute Gasteiger partial charge is 0.479 e. The van der Waals surface area contributed by atoms with Gasteiger partial charge in [-0.15, -0.1) is 0 Å². The Morgan fingerprint density at radius 1 is 0.939 bits per heavy atom. The molecular formula is C22H18ClNO9. The summed E-state index contributed by atoms with van der Waals surface area (Å²) >= 11 is 6.22. The van der Waals surface area contributed by atoms with Gasteiger partial charge >= 0.3 is 11.9 Å². The van der Waals surface area contributed by atoms with Crippen molar-refractivity contribution in [2.75, 3.05) is 0 Å². The Morgan fingerprint density at radius 2 is 1.70 bits per heavy atom. The molecule has 10 nitrogen and oxygen atoms in total. The molecule has 172 valence electrons. The Hall–Kier alpha value is -3.28. The zero-order valence-corrected chi connectivity index (χ0v) is 17.5. The molecule has 0 saturated carbocycles. The van der Waals surface area contributed by atoms with Crippen LogP contribution >= 0.6 is 11.6 Å². The van der Waals surface area contributed by atoms with Gasteiger partial charge in [0, 0.05) is 10.9 Å². The number of ether oxygens (including phenoxy) is 2. The summed E-state index contributed by atoms with van der Waals surface area (Å²) in [6.45, 7) is 0. The molecule has 0 radical (unpaired) electrons. The summed E-state index contributed by atoms with van der Waals surface area (Å²) in [6.07, 6.45) is -8.56. The molecule has 0 aliphatic carbocycles. The molecule has 1 fully saturated rings. The maximum atomic E-state index is 11.2. The average Bonchev–Trinajstić information content (AvgIpc) is 2.78. The maximum absolute atomic E-state index is 11.2. The first-order valence-electron chi connectivity index (χ1n) is 9.69. The monoisotopic (exact) mass is 475 g/mol. The number of carbonyl (C=O) groups is 2. The molecule has 2 heterocycles. The smallest absolute Gasteiger partial charge is 0.335 e. The minimum absolute atomic E-state index is 0.0567. The summed E-state index contributed by atoms with van der Waals surface area (Å²) in [5.41, 5.74) is 1.68. The van der Waals surface area contributed by atoms with Crippen LogP contribution in [-0.2, 0) is 9.53 Å². The van der Waals surface area contributed by atoms with Gasteiger partial charge in [-0.2, -0.15) is 0 Å². The maximum Gasteiger partial charge on any atom is 0.335 e. The van der Waals surface area contributed by atoms with E-state index in [-0.39, 0.29) is 16.3 Å². The lowest BCUT2D eigenvalue weighted by atomic mass is 9.99. The second-order valence-corrected chi connectivity index (χ2v) is 7.81. The third-order valence-corrected chi connectivity index (χ3v) is 5.53. The quantitative estimate of drug-likeness (QED) is 0.365.